The maximum absolute atomic E-state index is 7.24. The molecule has 2 aliphatic heterocycles. The van der Waals surface area contributed by atoms with Gasteiger partial charge in [-0.05, 0) is 138 Å². The van der Waals surface area contributed by atoms with E-state index in [0.29, 0.717) is 5.41 Å². The van der Waals surface area contributed by atoms with Gasteiger partial charge in [-0.2, -0.15) is 0 Å². The quantitative estimate of drug-likeness (QED) is 0.349. The highest BCUT2D eigenvalue weighted by Gasteiger charge is 2.57. The summed E-state index contributed by atoms with van der Waals surface area (Å²) >= 11 is 0. The summed E-state index contributed by atoms with van der Waals surface area (Å²) in [5, 5.41) is 0. The van der Waals surface area contributed by atoms with Gasteiger partial charge in [-0.3, -0.25) is 0 Å². The second kappa shape index (κ2) is 8.15. The Bertz CT molecular complexity index is 1050. The molecule has 0 aromatic heterocycles. The van der Waals surface area contributed by atoms with Crippen LogP contribution in [0.3, 0.4) is 0 Å². The summed E-state index contributed by atoms with van der Waals surface area (Å²) < 4.78 is 25.6. The van der Waals surface area contributed by atoms with Crippen LogP contribution in [0.25, 0.3) is 0 Å². The summed E-state index contributed by atoms with van der Waals surface area (Å²) in [6.45, 7) is 6.12. The third-order valence-electron chi connectivity index (χ3n) is 12.7. The van der Waals surface area contributed by atoms with Gasteiger partial charge in [-0.1, -0.05) is 6.07 Å². The van der Waals surface area contributed by atoms with Gasteiger partial charge in [0, 0.05) is 16.5 Å². The summed E-state index contributed by atoms with van der Waals surface area (Å²) in [4.78, 5) is 0. The highest BCUT2D eigenvalue weighted by molar-refractivity contribution is 5.58. The van der Waals surface area contributed by atoms with Crippen LogP contribution in [-0.4, -0.2) is 37.6 Å². The number of benzene rings is 1. The Morgan fingerprint density at radius 1 is 0.632 bits per heavy atom. The van der Waals surface area contributed by atoms with Crippen LogP contribution in [0.1, 0.15) is 102 Å². The molecule has 206 valence electrons. The Labute approximate surface area is 228 Å². The second-order valence-electron chi connectivity index (χ2n) is 15.6. The van der Waals surface area contributed by atoms with Gasteiger partial charge in [0.25, 0.3) is 0 Å². The zero-order valence-corrected chi connectivity index (χ0v) is 23.5. The van der Waals surface area contributed by atoms with E-state index < -0.39 is 0 Å². The minimum Gasteiger partial charge on any atom is -0.487 e. The average Bonchev–Trinajstić information content (AvgIpc) is 3.75. The summed E-state index contributed by atoms with van der Waals surface area (Å²) in [5.74, 6) is 7.79. The molecule has 2 saturated heterocycles. The third kappa shape index (κ3) is 3.67. The normalized spacial score (nSPS) is 48.7. The maximum atomic E-state index is 7.24. The van der Waals surface area contributed by atoms with Crippen molar-refractivity contribution in [2.75, 3.05) is 13.2 Å². The lowest BCUT2D eigenvalue weighted by molar-refractivity contribution is -0.0132. The number of hydrogen-bond acceptors (Lipinski definition) is 4. The molecule has 38 heavy (non-hydrogen) atoms. The van der Waals surface area contributed by atoms with Crippen LogP contribution in [0.5, 0.6) is 11.5 Å². The maximum Gasteiger partial charge on any atom is 0.131 e. The molecule has 0 radical (unpaired) electrons. The van der Waals surface area contributed by atoms with Gasteiger partial charge in [0.15, 0.2) is 0 Å². The van der Waals surface area contributed by atoms with Gasteiger partial charge in [-0.15, -0.1) is 0 Å². The fourth-order valence-corrected chi connectivity index (χ4v) is 11.8. The minimum absolute atomic E-state index is 0.0881. The zero-order chi connectivity index (χ0) is 25.2. The van der Waals surface area contributed by atoms with E-state index in [9.17, 15) is 0 Å². The van der Waals surface area contributed by atoms with Gasteiger partial charge in [0.05, 0.1) is 13.2 Å². The molecule has 8 aliphatic carbocycles. The lowest BCUT2D eigenvalue weighted by atomic mass is 9.46. The van der Waals surface area contributed by atoms with E-state index in [4.69, 9.17) is 18.9 Å². The molecule has 8 saturated carbocycles. The molecule has 10 aliphatic rings. The predicted octanol–water partition coefficient (Wildman–Crippen LogP) is 6.95. The van der Waals surface area contributed by atoms with Crippen molar-refractivity contribution >= 4 is 0 Å². The molecule has 10 fully saturated rings. The van der Waals surface area contributed by atoms with Crippen LogP contribution < -0.4 is 9.47 Å². The van der Waals surface area contributed by atoms with Gasteiger partial charge in [0.2, 0.25) is 0 Å². The molecule has 4 atom stereocenters. The summed E-state index contributed by atoms with van der Waals surface area (Å²) in [6.07, 6.45) is 17.6. The van der Waals surface area contributed by atoms with E-state index in [1.54, 1.807) is 5.56 Å². The van der Waals surface area contributed by atoms with Crippen LogP contribution in [0.2, 0.25) is 0 Å². The Hall–Kier alpha value is -1.26. The van der Waals surface area contributed by atoms with E-state index in [2.05, 4.69) is 26.0 Å². The van der Waals surface area contributed by atoms with Crippen molar-refractivity contribution in [3.05, 3.63) is 23.3 Å². The molecule has 11 rings (SSSR count). The number of rotatable bonds is 8. The van der Waals surface area contributed by atoms with Crippen LogP contribution in [-0.2, 0) is 20.3 Å². The molecule has 4 nitrogen and oxygen atoms in total. The number of ether oxygens (including phenoxy) is 4. The van der Waals surface area contributed by atoms with Crippen molar-refractivity contribution in [3.63, 3.8) is 0 Å². The first-order valence-electron chi connectivity index (χ1n) is 16.2. The van der Waals surface area contributed by atoms with Crippen molar-refractivity contribution in [2.24, 2.45) is 35.5 Å². The van der Waals surface area contributed by atoms with E-state index in [0.717, 1.165) is 54.5 Å². The van der Waals surface area contributed by atoms with Gasteiger partial charge in [-0.25, -0.2) is 0 Å². The monoisotopic (exact) mass is 518 g/mol. The molecule has 0 amide bonds. The topological polar surface area (TPSA) is 43.5 Å². The molecule has 4 unspecified atom stereocenters. The molecule has 1 aromatic carbocycles. The standard InChI is InChI=1S/C34H46O4/c1-19(29-17-35-29)37-28-4-3-27(33-11-21-5-22(12-33)7-23(6-21)13-33)32(38-20(2)30-18-36-30)31(28)34-14-24-8-25(15-34)10-26(9-24)16-34/h3-4,19-26,29-30H,5-18H2,1-2H3. The van der Waals surface area contributed by atoms with Crippen LogP contribution in [0, 0.1) is 35.5 Å². The van der Waals surface area contributed by atoms with Crippen molar-refractivity contribution in [1.82, 2.24) is 0 Å². The molecule has 4 heteroatoms. The Balaban J connectivity index is 1.22. The molecular formula is C34H46O4. The SMILES string of the molecule is CC(Oc1ccc(C23CC4CC(CC(C4)C2)C3)c(OC(C)C2CO2)c1C12CC3CC(CC(C3)C1)C2)C1CO1. The molecule has 0 spiro atoms. The van der Waals surface area contributed by atoms with Crippen molar-refractivity contribution in [3.8, 4) is 11.5 Å². The highest BCUT2D eigenvalue weighted by atomic mass is 16.6. The van der Waals surface area contributed by atoms with Crippen LogP contribution >= 0.6 is 0 Å². The van der Waals surface area contributed by atoms with E-state index in [1.165, 1.54) is 88.4 Å². The summed E-state index contributed by atoms with van der Waals surface area (Å²) in [6, 6.07) is 4.87. The van der Waals surface area contributed by atoms with Crippen molar-refractivity contribution in [1.29, 1.82) is 0 Å². The van der Waals surface area contributed by atoms with Crippen molar-refractivity contribution < 1.29 is 18.9 Å². The summed E-state index contributed by atoms with van der Waals surface area (Å²) in [7, 11) is 0. The minimum atomic E-state index is 0.0881. The van der Waals surface area contributed by atoms with Crippen LogP contribution in [0.4, 0.5) is 0 Å². The molecule has 0 N–H and O–H groups in total. The third-order valence-corrected chi connectivity index (χ3v) is 12.7. The average molecular weight is 519 g/mol. The lowest BCUT2D eigenvalue weighted by Crippen LogP contribution is -2.50. The number of hydrogen-bond donors (Lipinski definition) is 0. The summed E-state index contributed by atoms with van der Waals surface area (Å²) in [5.41, 5.74) is 3.54. The molecule has 1 aromatic rings. The first-order valence-corrected chi connectivity index (χ1v) is 16.2. The number of epoxide rings is 2. The molecular weight excluding hydrogens is 472 g/mol. The zero-order valence-electron chi connectivity index (χ0n) is 23.5. The Kier molecular flexibility index (Phi) is 5.03. The fourth-order valence-electron chi connectivity index (χ4n) is 11.8. The van der Waals surface area contributed by atoms with E-state index in [-0.39, 0.29) is 29.8 Å². The molecule has 2 heterocycles. The van der Waals surface area contributed by atoms with E-state index >= 15 is 0 Å². The Morgan fingerprint density at radius 2 is 1.05 bits per heavy atom. The first kappa shape index (κ1) is 23.4. The molecule has 8 bridgehead atoms. The second-order valence-corrected chi connectivity index (χ2v) is 15.6. The van der Waals surface area contributed by atoms with Gasteiger partial charge in [0.1, 0.15) is 35.9 Å². The van der Waals surface area contributed by atoms with E-state index in [1.807, 2.05) is 0 Å². The van der Waals surface area contributed by atoms with Gasteiger partial charge < -0.3 is 18.9 Å². The van der Waals surface area contributed by atoms with Gasteiger partial charge >= 0.3 is 0 Å². The lowest BCUT2D eigenvalue weighted by Gasteiger charge is -2.59. The smallest absolute Gasteiger partial charge is 0.131 e. The van der Waals surface area contributed by atoms with Crippen LogP contribution in [0.15, 0.2) is 12.1 Å². The first-order chi connectivity index (χ1) is 18.5. The fraction of sp³-hybridized carbons (Fsp3) is 0.824. The Morgan fingerprint density at radius 3 is 1.50 bits per heavy atom. The van der Waals surface area contributed by atoms with Crippen molar-refractivity contribution in [2.45, 2.75) is 126 Å². The highest BCUT2D eigenvalue weighted by Crippen LogP contribution is 2.67. The predicted molar refractivity (Wildman–Crippen MR) is 146 cm³/mol. The largest absolute Gasteiger partial charge is 0.487 e.